The van der Waals surface area contributed by atoms with Crippen LogP contribution < -0.4 is 0 Å². The summed E-state index contributed by atoms with van der Waals surface area (Å²) < 4.78 is 40.3. The second-order valence-electron chi connectivity index (χ2n) is 7.63. The topological polar surface area (TPSA) is 53.2 Å². The van der Waals surface area contributed by atoms with E-state index in [4.69, 9.17) is 0 Å². The number of aromatic amines is 1. The third-order valence-electron chi connectivity index (χ3n) is 5.49. The van der Waals surface area contributed by atoms with Crippen molar-refractivity contribution in [3.05, 3.63) is 77.6 Å². The van der Waals surface area contributed by atoms with Crippen LogP contribution in [0.25, 0.3) is 33.3 Å². The van der Waals surface area contributed by atoms with E-state index in [0.717, 1.165) is 38.9 Å². The van der Waals surface area contributed by atoms with Crippen LogP contribution in [0.2, 0.25) is 0 Å². The molecule has 0 aliphatic carbocycles. The Kier molecular flexibility index (Phi) is 5.00. The van der Waals surface area contributed by atoms with Crippen LogP contribution in [0.1, 0.15) is 11.1 Å². The predicted molar refractivity (Wildman–Crippen MR) is 119 cm³/mol. The molecule has 0 aliphatic rings. The summed E-state index contributed by atoms with van der Waals surface area (Å²) in [4.78, 5) is 3.60. The van der Waals surface area contributed by atoms with Gasteiger partial charge in [-0.3, -0.25) is 0 Å². The largest absolute Gasteiger partial charge is 0.354 e. The molecule has 0 atom stereocenters. The van der Waals surface area contributed by atoms with Crippen molar-refractivity contribution in [2.75, 3.05) is 14.1 Å². The number of hydrogen-bond acceptors (Lipinski definition) is 2. The first-order valence-electron chi connectivity index (χ1n) is 9.61. The van der Waals surface area contributed by atoms with E-state index >= 15 is 0 Å². The van der Waals surface area contributed by atoms with Crippen LogP contribution in [0.15, 0.2) is 65.6 Å². The van der Waals surface area contributed by atoms with Gasteiger partial charge in [-0.25, -0.2) is 17.1 Å². The van der Waals surface area contributed by atoms with Gasteiger partial charge in [0.05, 0.1) is 10.6 Å². The van der Waals surface area contributed by atoms with Crippen LogP contribution >= 0.6 is 0 Å². The minimum atomic E-state index is -3.48. The molecule has 6 heteroatoms. The zero-order chi connectivity index (χ0) is 21.6. The number of rotatable bonds is 4. The number of nitrogens with zero attached hydrogens (tertiary/aromatic N) is 1. The standard InChI is InChI=1S/C24H23FN2O2S/c1-15-13-18(30(28,29)27(3)4)10-11-19(15)17-9-12-23-21(14-17)16(2)24(26-23)20-7-5-6-8-22(20)25/h5-14,26H,1-4H3. The number of aromatic nitrogens is 1. The van der Waals surface area contributed by atoms with Crippen LogP contribution in [-0.2, 0) is 10.0 Å². The maximum atomic E-state index is 14.3. The van der Waals surface area contributed by atoms with Gasteiger partial charge in [0.2, 0.25) is 10.0 Å². The summed E-state index contributed by atoms with van der Waals surface area (Å²) in [5.41, 5.74) is 6.03. The van der Waals surface area contributed by atoms with Crippen molar-refractivity contribution in [2.24, 2.45) is 0 Å². The van der Waals surface area contributed by atoms with Gasteiger partial charge in [-0.2, -0.15) is 0 Å². The van der Waals surface area contributed by atoms with Gasteiger partial charge in [-0.05, 0) is 72.5 Å². The lowest BCUT2D eigenvalue weighted by atomic mass is 9.98. The fourth-order valence-electron chi connectivity index (χ4n) is 3.76. The van der Waals surface area contributed by atoms with E-state index in [1.807, 2.05) is 38.1 Å². The molecule has 4 nitrogen and oxygen atoms in total. The highest BCUT2D eigenvalue weighted by Gasteiger charge is 2.19. The molecule has 0 spiro atoms. The van der Waals surface area contributed by atoms with Crippen LogP contribution in [0, 0.1) is 19.7 Å². The SMILES string of the molecule is Cc1cc(S(=O)(=O)N(C)C)ccc1-c1ccc2[nH]c(-c3ccccc3F)c(C)c2c1. The molecular weight excluding hydrogens is 399 g/mol. The summed E-state index contributed by atoms with van der Waals surface area (Å²) in [5, 5.41) is 1.01. The van der Waals surface area contributed by atoms with Crippen LogP contribution in [0.3, 0.4) is 0 Å². The Morgan fingerprint density at radius 2 is 1.63 bits per heavy atom. The fraction of sp³-hybridized carbons (Fsp3) is 0.167. The summed E-state index contributed by atoms with van der Waals surface area (Å²) in [6.07, 6.45) is 0. The van der Waals surface area contributed by atoms with Gasteiger partial charge in [0.1, 0.15) is 5.82 Å². The fourth-order valence-corrected chi connectivity index (χ4v) is 4.75. The van der Waals surface area contributed by atoms with Gasteiger partial charge in [0.25, 0.3) is 0 Å². The molecule has 4 rings (SSSR count). The quantitative estimate of drug-likeness (QED) is 0.472. The molecule has 0 saturated heterocycles. The van der Waals surface area contributed by atoms with E-state index in [9.17, 15) is 12.8 Å². The Morgan fingerprint density at radius 3 is 2.30 bits per heavy atom. The van der Waals surface area contributed by atoms with Crippen molar-refractivity contribution in [3.8, 4) is 22.4 Å². The Balaban J connectivity index is 1.82. The minimum Gasteiger partial charge on any atom is -0.354 e. The maximum absolute atomic E-state index is 14.3. The van der Waals surface area contributed by atoms with Crippen LogP contribution in [0.4, 0.5) is 4.39 Å². The molecule has 0 amide bonds. The molecule has 154 valence electrons. The maximum Gasteiger partial charge on any atom is 0.242 e. The molecule has 4 aromatic rings. The first-order chi connectivity index (χ1) is 14.2. The molecule has 0 aliphatic heterocycles. The molecule has 3 aromatic carbocycles. The molecule has 1 aromatic heterocycles. The smallest absolute Gasteiger partial charge is 0.242 e. The van der Waals surface area contributed by atoms with Gasteiger partial charge in [0.15, 0.2) is 0 Å². The van der Waals surface area contributed by atoms with Gasteiger partial charge in [0, 0.05) is 30.6 Å². The van der Waals surface area contributed by atoms with Crippen molar-refractivity contribution >= 4 is 20.9 Å². The second-order valence-corrected chi connectivity index (χ2v) is 9.78. The van der Waals surface area contributed by atoms with E-state index in [-0.39, 0.29) is 10.7 Å². The Labute approximate surface area is 176 Å². The lowest BCUT2D eigenvalue weighted by Gasteiger charge is -2.14. The third-order valence-corrected chi connectivity index (χ3v) is 7.30. The molecule has 1 heterocycles. The first-order valence-corrected chi connectivity index (χ1v) is 11.0. The molecule has 0 fully saturated rings. The number of hydrogen-bond donors (Lipinski definition) is 1. The number of halogens is 1. The summed E-state index contributed by atoms with van der Waals surface area (Å²) in [6.45, 7) is 3.88. The third kappa shape index (κ3) is 3.32. The van der Waals surface area contributed by atoms with Gasteiger partial charge in [-0.15, -0.1) is 0 Å². The predicted octanol–water partition coefficient (Wildman–Crippen LogP) is 5.51. The summed E-state index contributed by atoms with van der Waals surface area (Å²) in [5.74, 6) is -0.263. The van der Waals surface area contributed by atoms with Crippen molar-refractivity contribution in [1.29, 1.82) is 0 Å². The summed E-state index contributed by atoms with van der Waals surface area (Å²) in [6, 6.07) is 17.9. The first kappa shape index (κ1) is 20.3. The lowest BCUT2D eigenvalue weighted by molar-refractivity contribution is 0.520. The number of aryl methyl sites for hydroxylation is 2. The molecule has 0 radical (unpaired) electrons. The second kappa shape index (κ2) is 7.38. The minimum absolute atomic E-state index is 0.263. The van der Waals surface area contributed by atoms with E-state index < -0.39 is 10.0 Å². The van der Waals surface area contributed by atoms with Gasteiger partial charge < -0.3 is 4.98 Å². The molecule has 0 unspecified atom stereocenters. The molecule has 1 N–H and O–H groups in total. The Hall–Kier alpha value is -2.96. The highest BCUT2D eigenvalue weighted by atomic mass is 32.2. The molecule has 0 bridgehead atoms. The van der Waals surface area contributed by atoms with Crippen molar-refractivity contribution < 1.29 is 12.8 Å². The van der Waals surface area contributed by atoms with Crippen LogP contribution in [0.5, 0.6) is 0 Å². The number of fused-ring (bicyclic) bond motifs is 1. The number of benzene rings is 3. The van der Waals surface area contributed by atoms with Gasteiger partial charge >= 0.3 is 0 Å². The highest BCUT2D eigenvalue weighted by Crippen LogP contribution is 2.35. The van der Waals surface area contributed by atoms with E-state index in [0.29, 0.717) is 5.56 Å². The van der Waals surface area contributed by atoms with E-state index in [1.54, 1.807) is 24.3 Å². The molecule has 0 saturated carbocycles. The van der Waals surface area contributed by atoms with Crippen molar-refractivity contribution in [3.63, 3.8) is 0 Å². The summed E-state index contributed by atoms with van der Waals surface area (Å²) in [7, 11) is -0.434. The van der Waals surface area contributed by atoms with Crippen molar-refractivity contribution in [1.82, 2.24) is 9.29 Å². The highest BCUT2D eigenvalue weighted by molar-refractivity contribution is 7.89. The Morgan fingerprint density at radius 1 is 0.900 bits per heavy atom. The van der Waals surface area contributed by atoms with E-state index in [2.05, 4.69) is 11.1 Å². The normalized spacial score (nSPS) is 12.1. The number of H-pyrrole nitrogens is 1. The zero-order valence-corrected chi connectivity index (χ0v) is 18.1. The summed E-state index contributed by atoms with van der Waals surface area (Å²) >= 11 is 0. The monoisotopic (exact) mass is 422 g/mol. The van der Waals surface area contributed by atoms with E-state index in [1.165, 1.54) is 24.5 Å². The van der Waals surface area contributed by atoms with Crippen molar-refractivity contribution in [2.45, 2.75) is 18.7 Å². The number of nitrogens with one attached hydrogen (secondary N) is 1. The van der Waals surface area contributed by atoms with Crippen LogP contribution in [-0.4, -0.2) is 31.8 Å². The average Bonchev–Trinajstić information content (AvgIpc) is 3.04. The molecular formula is C24H23FN2O2S. The number of sulfonamides is 1. The molecule has 30 heavy (non-hydrogen) atoms. The average molecular weight is 423 g/mol. The lowest BCUT2D eigenvalue weighted by Crippen LogP contribution is -2.22. The Bertz CT molecular complexity index is 1370. The van der Waals surface area contributed by atoms with Gasteiger partial charge in [-0.1, -0.05) is 24.3 Å². The zero-order valence-electron chi connectivity index (χ0n) is 17.3.